The van der Waals surface area contributed by atoms with E-state index in [1.54, 1.807) is 0 Å². The van der Waals surface area contributed by atoms with E-state index in [-0.39, 0.29) is 0 Å². The molecule has 0 spiro atoms. The Labute approximate surface area is 392 Å². The average molecular weight is 870 g/mol. The second kappa shape index (κ2) is 16.1. The van der Waals surface area contributed by atoms with Gasteiger partial charge in [0.25, 0.3) is 0 Å². The lowest BCUT2D eigenvalue weighted by atomic mass is 9.91. The standard InChI is InChI=1S/C63H39N3S/c1-3-15-40(16-4-1)61-64-62(41-17-5-2-6-18-41)66-63(65-61)56-28-12-7-23-49(56)48-30-33-55-58-38-47(31-34-59(58)67-60(55)39-48)45-22-14-20-43(36-45)42-19-13-21-44(35-42)46-29-32-54-52-26-9-8-24-50(52)51-25-10-11-27-53(51)57(54)37-46/h1-39H. The molecule has 2 heterocycles. The minimum atomic E-state index is 0.648. The highest BCUT2D eigenvalue weighted by Crippen LogP contribution is 2.42. The highest BCUT2D eigenvalue weighted by atomic mass is 32.1. The zero-order chi connectivity index (χ0) is 44.3. The Morgan fingerprint density at radius 1 is 0.209 bits per heavy atom. The Kier molecular flexibility index (Phi) is 9.36. The van der Waals surface area contributed by atoms with Crippen molar-refractivity contribution in [3.05, 3.63) is 237 Å². The molecule has 0 aliphatic heterocycles. The summed E-state index contributed by atoms with van der Waals surface area (Å²) in [5, 5.41) is 10.3. The van der Waals surface area contributed by atoms with Crippen LogP contribution in [0.25, 0.3) is 131 Å². The van der Waals surface area contributed by atoms with E-state index in [0.29, 0.717) is 17.5 Å². The van der Waals surface area contributed by atoms with Gasteiger partial charge in [-0.05, 0) is 113 Å². The predicted molar refractivity (Wildman–Crippen MR) is 283 cm³/mol. The van der Waals surface area contributed by atoms with Gasteiger partial charge in [0.15, 0.2) is 17.5 Å². The summed E-state index contributed by atoms with van der Waals surface area (Å²) >= 11 is 1.84. The molecule has 3 nitrogen and oxygen atoms in total. The summed E-state index contributed by atoms with van der Waals surface area (Å²) in [5.41, 5.74) is 12.3. The van der Waals surface area contributed by atoms with Crippen molar-refractivity contribution in [1.29, 1.82) is 0 Å². The molecular formula is C63H39N3S. The molecule has 0 unspecified atom stereocenters. The van der Waals surface area contributed by atoms with Gasteiger partial charge in [0.1, 0.15) is 0 Å². The van der Waals surface area contributed by atoms with Gasteiger partial charge in [-0.1, -0.05) is 200 Å². The molecule has 0 bridgehead atoms. The van der Waals surface area contributed by atoms with Crippen LogP contribution < -0.4 is 0 Å². The molecule has 0 N–H and O–H groups in total. The van der Waals surface area contributed by atoms with Crippen LogP contribution in [-0.2, 0) is 0 Å². The molecule has 13 rings (SSSR count). The van der Waals surface area contributed by atoms with Crippen molar-refractivity contribution in [2.75, 3.05) is 0 Å². The molecule has 4 heteroatoms. The SMILES string of the molecule is c1ccc(-c2nc(-c3ccccc3)nc(-c3ccccc3-c3ccc4c(c3)sc3ccc(-c5cccc(-c6cccc(-c7ccc8c9ccccc9c9ccccc9c8c7)c6)c5)cc34)n2)cc1. The molecule has 67 heavy (non-hydrogen) atoms. The zero-order valence-corrected chi connectivity index (χ0v) is 37.1. The van der Waals surface area contributed by atoms with Crippen molar-refractivity contribution in [2.45, 2.75) is 0 Å². The number of rotatable bonds is 7. The van der Waals surface area contributed by atoms with Crippen LogP contribution in [0.2, 0.25) is 0 Å². The summed E-state index contributed by atoms with van der Waals surface area (Å²) in [4.78, 5) is 15.1. The topological polar surface area (TPSA) is 38.7 Å². The molecule has 0 saturated heterocycles. The minimum Gasteiger partial charge on any atom is -0.208 e. The number of benzene rings is 11. The number of aromatic nitrogens is 3. The molecular weight excluding hydrogens is 831 g/mol. The van der Waals surface area contributed by atoms with Gasteiger partial charge in [-0.3, -0.25) is 0 Å². The van der Waals surface area contributed by atoms with Crippen LogP contribution in [0.3, 0.4) is 0 Å². The van der Waals surface area contributed by atoms with Crippen molar-refractivity contribution in [3.8, 4) is 78.7 Å². The molecule has 0 aliphatic rings. The Morgan fingerprint density at radius 2 is 0.612 bits per heavy atom. The first-order valence-electron chi connectivity index (χ1n) is 22.7. The first-order chi connectivity index (χ1) is 33.2. The summed E-state index contributed by atoms with van der Waals surface area (Å²) in [6.45, 7) is 0. The first kappa shape index (κ1) is 38.9. The van der Waals surface area contributed by atoms with Crippen molar-refractivity contribution in [1.82, 2.24) is 15.0 Å². The molecule has 2 aromatic heterocycles. The minimum absolute atomic E-state index is 0.648. The van der Waals surface area contributed by atoms with Gasteiger partial charge in [0.2, 0.25) is 0 Å². The number of hydrogen-bond acceptors (Lipinski definition) is 4. The largest absolute Gasteiger partial charge is 0.208 e. The first-order valence-corrected chi connectivity index (χ1v) is 23.5. The average Bonchev–Trinajstić information content (AvgIpc) is 3.78. The van der Waals surface area contributed by atoms with E-state index in [1.807, 2.05) is 72.0 Å². The smallest absolute Gasteiger partial charge is 0.164 e. The maximum Gasteiger partial charge on any atom is 0.164 e. The molecule has 0 amide bonds. The van der Waals surface area contributed by atoms with Crippen LogP contribution in [0.15, 0.2) is 237 Å². The van der Waals surface area contributed by atoms with Crippen molar-refractivity contribution >= 4 is 63.8 Å². The quantitative estimate of drug-likeness (QED) is 0.150. The summed E-state index contributed by atoms with van der Waals surface area (Å²) in [5.74, 6) is 1.95. The lowest BCUT2D eigenvalue weighted by Gasteiger charge is -2.13. The number of thiophene rings is 1. The highest BCUT2D eigenvalue weighted by molar-refractivity contribution is 7.25. The van der Waals surface area contributed by atoms with Crippen LogP contribution in [0.1, 0.15) is 0 Å². The molecule has 0 aliphatic carbocycles. The Bertz CT molecular complexity index is 3950. The molecule has 13 aromatic rings. The molecule has 312 valence electrons. The van der Waals surface area contributed by atoms with Crippen LogP contribution in [0, 0.1) is 0 Å². The van der Waals surface area contributed by atoms with Crippen molar-refractivity contribution in [3.63, 3.8) is 0 Å². The molecule has 0 atom stereocenters. The molecule has 0 radical (unpaired) electrons. The van der Waals surface area contributed by atoms with Gasteiger partial charge in [0.05, 0.1) is 0 Å². The molecule has 0 saturated carbocycles. The summed E-state index contributed by atoms with van der Waals surface area (Å²) in [7, 11) is 0. The van der Waals surface area contributed by atoms with Gasteiger partial charge in [-0.2, -0.15) is 0 Å². The van der Waals surface area contributed by atoms with Gasteiger partial charge >= 0.3 is 0 Å². The van der Waals surface area contributed by atoms with E-state index in [2.05, 4.69) is 176 Å². The van der Waals surface area contributed by atoms with Gasteiger partial charge < -0.3 is 0 Å². The Balaban J connectivity index is 0.839. The lowest BCUT2D eigenvalue weighted by Crippen LogP contribution is -2.01. The van der Waals surface area contributed by atoms with E-state index < -0.39 is 0 Å². The van der Waals surface area contributed by atoms with Crippen molar-refractivity contribution in [2.24, 2.45) is 0 Å². The van der Waals surface area contributed by atoms with Crippen LogP contribution in [0.4, 0.5) is 0 Å². The van der Waals surface area contributed by atoms with Crippen molar-refractivity contribution < 1.29 is 0 Å². The van der Waals surface area contributed by atoms with E-state index in [1.165, 1.54) is 85.9 Å². The fraction of sp³-hybridized carbons (Fsp3) is 0. The van der Waals surface area contributed by atoms with Gasteiger partial charge in [0, 0.05) is 36.9 Å². The van der Waals surface area contributed by atoms with E-state index in [0.717, 1.165) is 27.8 Å². The monoisotopic (exact) mass is 869 g/mol. The third-order valence-corrected chi connectivity index (χ3v) is 14.3. The third-order valence-electron chi connectivity index (χ3n) is 13.1. The van der Waals surface area contributed by atoms with Gasteiger partial charge in [-0.25, -0.2) is 15.0 Å². The summed E-state index contributed by atoms with van der Waals surface area (Å²) in [6.07, 6.45) is 0. The second-order valence-electron chi connectivity index (χ2n) is 17.1. The second-order valence-corrected chi connectivity index (χ2v) is 18.2. The molecule has 0 fully saturated rings. The highest BCUT2D eigenvalue weighted by Gasteiger charge is 2.17. The van der Waals surface area contributed by atoms with E-state index in [9.17, 15) is 0 Å². The molecule has 11 aromatic carbocycles. The van der Waals surface area contributed by atoms with Gasteiger partial charge in [-0.15, -0.1) is 11.3 Å². The van der Waals surface area contributed by atoms with E-state index in [4.69, 9.17) is 15.0 Å². The summed E-state index contributed by atoms with van der Waals surface area (Å²) < 4.78 is 2.51. The van der Waals surface area contributed by atoms with Crippen LogP contribution in [0.5, 0.6) is 0 Å². The number of hydrogen-bond donors (Lipinski definition) is 0. The maximum absolute atomic E-state index is 5.07. The Hall–Kier alpha value is -8.57. The van der Waals surface area contributed by atoms with Crippen LogP contribution in [-0.4, -0.2) is 15.0 Å². The lowest BCUT2D eigenvalue weighted by molar-refractivity contribution is 1.07. The predicted octanol–water partition coefficient (Wildman–Crippen LogP) is 17.4. The number of nitrogens with zero attached hydrogens (tertiary/aromatic N) is 3. The Morgan fingerprint density at radius 3 is 1.19 bits per heavy atom. The summed E-state index contributed by atoms with van der Waals surface area (Å²) in [6, 6.07) is 84.9. The zero-order valence-electron chi connectivity index (χ0n) is 36.3. The normalized spacial score (nSPS) is 11.6. The maximum atomic E-state index is 5.07. The fourth-order valence-electron chi connectivity index (χ4n) is 9.83. The van der Waals surface area contributed by atoms with E-state index >= 15 is 0 Å². The fourth-order valence-corrected chi connectivity index (χ4v) is 11.0. The number of fused-ring (bicyclic) bond motifs is 9. The third kappa shape index (κ3) is 6.94. The van der Waals surface area contributed by atoms with Crippen LogP contribution >= 0.6 is 11.3 Å².